The molecule has 11 heavy (non-hydrogen) atoms. The normalized spacial score (nSPS) is 44.4. The molecule has 64 valence electrons. The Bertz CT molecular complexity index is 178. The van der Waals surface area contributed by atoms with E-state index in [1.54, 1.807) is 0 Å². The monoisotopic (exact) mass is 158 g/mol. The molecule has 0 saturated carbocycles. The number of hydrogen-bond acceptors (Lipinski definition) is 3. The molecule has 3 atom stereocenters. The third kappa shape index (κ3) is 1.19. The Hall–Kier alpha value is -0.410. The average Bonchev–Trinajstić information content (AvgIpc) is 2.18. The first kappa shape index (κ1) is 8.68. The van der Waals surface area contributed by atoms with Crippen molar-refractivity contribution < 1.29 is 14.6 Å². The van der Waals surface area contributed by atoms with Crippen LogP contribution in [0.2, 0.25) is 0 Å². The third-order valence-electron chi connectivity index (χ3n) is 2.79. The van der Waals surface area contributed by atoms with Crippen LogP contribution < -0.4 is 0 Å². The highest BCUT2D eigenvalue weighted by molar-refractivity contribution is 5.82. The molecule has 3 heteroatoms. The number of hydrogen-bond donors (Lipinski definition) is 1. The van der Waals surface area contributed by atoms with Gasteiger partial charge in [-0.05, 0) is 13.8 Å². The molecule has 0 aromatic heterocycles. The molecule has 0 aromatic carbocycles. The van der Waals surface area contributed by atoms with E-state index in [1.807, 2.05) is 13.8 Å². The highest BCUT2D eigenvalue weighted by Crippen LogP contribution is 2.37. The summed E-state index contributed by atoms with van der Waals surface area (Å²) < 4.78 is 4.98. The largest absolute Gasteiger partial charge is 0.368 e. The minimum absolute atomic E-state index is 0.0848. The van der Waals surface area contributed by atoms with Crippen molar-refractivity contribution in [3.63, 3.8) is 0 Å². The van der Waals surface area contributed by atoms with Gasteiger partial charge in [0, 0.05) is 5.92 Å². The van der Waals surface area contributed by atoms with Crippen LogP contribution in [-0.4, -0.2) is 23.8 Å². The van der Waals surface area contributed by atoms with Crippen molar-refractivity contribution in [2.24, 2.45) is 11.3 Å². The molecule has 1 fully saturated rings. The summed E-state index contributed by atoms with van der Waals surface area (Å²) in [6, 6.07) is 0. The maximum Gasteiger partial charge on any atom is 0.158 e. The van der Waals surface area contributed by atoms with Crippen LogP contribution in [0.1, 0.15) is 20.8 Å². The highest BCUT2D eigenvalue weighted by Gasteiger charge is 2.46. The number of ether oxygens (including phenoxy) is 1. The Morgan fingerprint density at radius 3 is 2.45 bits per heavy atom. The number of ketones is 1. The van der Waals surface area contributed by atoms with Gasteiger partial charge in [0.05, 0.1) is 12.0 Å². The first-order chi connectivity index (χ1) is 4.98. The van der Waals surface area contributed by atoms with Gasteiger partial charge in [-0.3, -0.25) is 4.79 Å². The van der Waals surface area contributed by atoms with Gasteiger partial charge in [0.2, 0.25) is 0 Å². The lowest BCUT2D eigenvalue weighted by Crippen LogP contribution is -2.33. The number of aliphatic hydroxyl groups is 1. The van der Waals surface area contributed by atoms with E-state index in [4.69, 9.17) is 4.74 Å². The number of aliphatic hydroxyl groups excluding tert-OH is 1. The Morgan fingerprint density at radius 1 is 1.73 bits per heavy atom. The first-order valence-electron chi connectivity index (χ1n) is 3.79. The van der Waals surface area contributed by atoms with Crippen molar-refractivity contribution >= 4 is 5.78 Å². The van der Waals surface area contributed by atoms with E-state index in [0.717, 1.165) is 0 Å². The van der Waals surface area contributed by atoms with E-state index in [1.165, 1.54) is 6.92 Å². The molecule has 3 nitrogen and oxygen atoms in total. The maximum absolute atomic E-state index is 11.1. The summed E-state index contributed by atoms with van der Waals surface area (Å²) in [7, 11) is 0. The second-order valence-corrected chi connectivity index (χ2v) is 3.46. The molecule has 0 aromatic rings. The van der Waals surface area contributed by atoms with Gasteiger partial charge < -0.3 is 9.84 Å². The molecule has 1 heterocycles. The van der Waals surface area contributed by atoms with E-state index in [9.17, 15) is 9.90 Å². The van der Waals surface area contributed by atoms with E-state index in [2.05, 4.69) is 0 Å². The number of carbonyl (C=O) groups excluding carboxylic acids is 1. The summed E-state index contributed by atoms with van der Waals surface area (Å²) >= 11 is 0. The summed E-state index contributed by atoms with van der Waals surface area (Å²) in [6.45, 7) is 5.54. The van der Waals surface area contributed by atoms with Crippen molar-refractivity contribution in [1.82, 2.24) is 0 Å². The molecule has 0 radical (unpaired) electrons. The molecular formula is C8H14O3. The van der Waals surface area contributed by atoms with Gasteiger partial charge in [0.15, 0.2) is 6.29 Å². The molecular weight excluding hydrogens is 144 g/mol. The topological polar surface area (TPSA) is 46.5 Å². The molecule has 1 N–H and O–H groups in total. The average molecular weight is 158 g/mol. The molecule has 0 spiro atoms. The van der Waals surface area contributed by atoms with Crippen LogP contribution in [0.4, 0.5) is 0 Å². The minimum Gasteiger partial charge on any atom is -0.368 e. The van der Waals surface area contributed by atoms with Gasteiger partial charge >= 0.3 is 0 Å². The van der Waals surface area contributed by atoms with Gasteiger partial charge in [0.1, 0.15) is 5.78 Å². The standard InChI is InChI=1S/C8H14O3/c1-5-7(10)11-4-8(5,3)6(2)9/h5,7,10H,4H2,1-3H3/t5-,7+,8+/m1/s1. The second-order valence-electron chi connectivity index (χ2n) is 3.46. The molecule has 0 bridgehead atoms. The molecule has 1 aliphatic rings. The fourth-order valence-corrected chi connectivity index (χ4v) is 1.27. The van der Waals surface area contributed by atoms with Crippen molar-refractivity contribution in [2.45, 2.75) is 27.1 Å². The summed E-state index contributed by atoms with van der Waals surface area (Å²) in [5.41, 5.74) is -0.487. The number of Topliss-reactive ketones (excluding diaryl/α,β-unsaturated/α-hetero) is 1. The lowest BCUT2D eigenvalue weighted by molar-refractivity contribution is -0.127. The van der Waals surface area contributed by atoms with Crippen molar-refractivity contribution in [3.05, 3.63) is 0 Å². The van der Waals surface area contributed by atoms with Crippen molar-refractivity contribution in [2.75, 3.05) is 6.61 Å². The quantitative estimate of drug-likeness (QED) is 0.606. The zero-order valence-electron chi connectivity index (χ0n) is 7.13. The molecule has 1 aliphatic heterocycles. The zero-order chi connectivity index (χ0) is 8.65. The van der Waals surface area contributed by atoms with Gasteiger partial charge in [-0.1, -0.05) is 6.92 Å². The third-order valence-corrected chi connectivity index (χ3v) is 2.79. The van der Waals surface area contributed by atoms with Crippen LogP contribution in [0.15, 0.2) is 0 Å². The molecule has 0 unspecified atom stereocenters. The van der Waals surface area contributed by atoms with Crippen LogP contribution >= 0.6 is 0 Å². The molecule has 1 rings (SSSR count). The predicted molar refractivity (Wildman–Crippen MR) is 39.9 cm³/mol. The Balaban J connectivity index is 2.81. The van der Waals surface area contributed by atoms with E-state index < -0.39 is 11.7 Å². The fraction of sp³-hybridized carbons (Fsp3) is 0.875. The summed E-state index contributed by atoms with van der Waals surface area (Å²) in [4.78, 5) is 11.1. The Morgan fingerprint density at radius 2 is 2.27 bits per heavy atom. The van der Waals surface area contributed by atoms with Crippen LogP contribution in [0.25, 0.3) is 0 Å². The zero-order valence-corrected chi connectivity index (χ0v) is 7.13. The van der Waals surface area contributed by atoms with Crippen LogP contribution in [0.3, 0.4) is 0 Å². The van der Waals surface area contributed by atoms with Gasteiger partial charge in [-0.15, -0.1) is 0 Å². The van der Waals surface area contributed by atoms with Crippen LogP contribution in [0, 0.1) is 11.3 Å². The summed E-state index contributed by atoms with van der Waals surface area (Å²) in [6.07, 6.45) is -0.774. The van der Waals surface area contributed by atoms with Gasteiger partial charge in [0.25, 0.3) is 0 Å². The van der Waals surface area contributed by atoms with Crippen molar-refractivity contribution in [1.29, 1.82) is 0 Å². The smallest absolute Gasteiger partial charge is 0.158 e. The molecule has 0 aliphatic carbocycles. The van der Waals surface area contributed by atoms with Gasteiger partial charge in [-0.25, -0.2) is 0 Å². The fourth-order valence-electron chi connectivity index (χ4n) is 1.27. The lowest BCUT2D eigenvalue weighted by Gasteiger charge is -2.23. The predicted octanol–water partition coefficient (Wildman–Crippen LogP) is 0.566. The van der Waals surface area contributed by atoms with E-state index in [-0.39, 0.29) is 11.7 Å². The summed E-state index contributed by atoms with van der Waals surface area (Å²) in [5, 5.41) is 9.21. The number of rotatable bonds is 1. The van der Waals surface area contributed by atoms with Gasteiger partial charge in [-0.2, -0.15) is 0 Å². The van der Waals surface area contributed by atoms with E-state index >= 15 is 0 Å². The highest BCUT2D eigenvalue weighted by atomic mass is 16.6. The first-order valence-corrected chi connectivity index (χ1v) is 3.79. The SMILES string of the molecule is CC(=O)[C@@]1(C)CO[C@H](O)[C@H]1C. The van der Waals surface area contributed by atoms with Crippen molar-refractivity contribution in [3.8, 4) is 0 Å². The lowest BCUT2D eigenvalue weighted by atomic mass is 9.77. The summed E-state index contributed by atoms with van der Waals surface area (Å²) in [5.74, 6) is -0.0125. The second kappa shape index (κ2) is 2.57. The Kier molecular flexibility index (Phi) is 2.03. The molecule has 0 amide bonds. The van der Waals surface area contributed by atoms with Crippen LogP contribution in [-0.2, 0) is 9.53 Å². The maximum atomic E-state index is 11.1. The van der Waals surface area contributed by atoms with Crippen LogP contribution in [0.5, 0.6) is 0 Å². The Labute approximate surface area is 66.4 Å². The van der Waals surface area contributed by atoms with E-state index in [0.29, 0.717) is 6.61 Å². The minimum atomic E-state index is -0.774. The number of carbonyl (C=O) groups is 1. The molecule has 1 saturated heterocycles.